The largest absolute Gasteiger partial charge is 0.477 e. The molecule has 1 fully saturated rings. The predicted molar refractivity (Wildman–Crippen MR) is 72.5 cm³/mol. The normalized spacial score (nSPS) is 17.3. The molecule has 1 aliphatic carbocycles. The van der Waals surface area contributed by atoms with Gasteiger partial charge in [0, 0.05) is 4.88 Å². The van der Waals surface area contributed by atoms with Crippen LogP contribution in [0.15, 0.2) is 12.1 Å². The first-order valence-electron chi connectivity index (χ1n) is 6.56. The summed E-state index contributed by atoms with van der Waals surface area (Å²) in [4.78, 5) is 24.3. The first-order chi connectivity index (χ1) is 9.07. The van der Waals surface area contributed by atoms with E-state index in [9.17, 15) is 9.59 Å². The lowest BCUT2D eigenvalue weighted by atomic mass is 9.82. The highest BCUT2D eigenvalue weighted by atomic mass is 32.1. The highest BCUT2D eigenvalue weighted by Gasteiger charge is 2.42. The summed E-state index contributed by atoms with van der Waals surface area (Å²) in [5, 5.41) is 8.94. The standard InChI is InChI=1S/C14H18O4S/c1-2-18-13(17)14(7-3-4-8-14)9-10-5-6-11(19-10)12(15)16/h5-6H,2-4,7-9H2,1H3,(H,15,16). The van der Waals surface area contributed by atoms with Gasteiger partial charge in [-0.15, -0.1) is 11.3 Å². The summed E-state index contributed by atoms with van der Waals surface area (Å²) < 4.78 is 5.21. The van der Waals surface area contributed by atoms with Gasteiger partial charge < -0.3 is 9.84 Å². The number of carbonyl (C=O) groups excluding carboxylic acids is 1. The van der Waals surface area contributed by atoms with Gasteiger partial charge in [-0.3, -0.25) is 4.79 Å². The Balaban J connectivity index is 2.16. The Kier molecular flexibility index (Phi) is 4.24. The summed E-state index contributed by atoms with van der Waals surface area (Å²) in [5.41, 5.74) is -0.434. The van der Waals surface area contributed by atoms with Gasteiger partial charge in [0.1, 0.15) is 4.88 Å². The maximum absolute atomic E-state index is 12.2. The van der Waals surface area contributed by atoms with E-state index in [1.54, 1.807) is 6.07 Å². The van der Waals surface area contributed by atoms with Gasteiger partial charge in [-0.25, -0.2) is 4.79 Å². The van der Waals surface area contributed by atoms with Crippen LogP contribution < -0.4 is 0 Å². The maximum Gasteiger partial charge on any atom is 0.345 e. The van der Waals surface area contributed by atoms with Crippen LogP contribution in [-0.2, 0) is 16.0 Å². The number of hydrogen-bond donors (Lipinski definition) is 1. The molecule has 1 aromatic heterocycles. The Bertz CT molecular complexity index is 472. The van der Waals surface area contributed by atoms with Crippen molar-refractivity contribution < 1.29 is 19.4 Å². The zero-order valence-corrected chi connectivity index (χ0v) is 11.8. The molecule has 0 unspecified atom stereocenters. The topological polar surface area (TPSA) is 63.6 Å². The molecule has 1 aromatic rings. The second-order valence-corrected chi connectivity index (χ2v) is 6.12. The number of carbonyl (C=O) groups is 2. The Hall–Kier alpha value is -1.36. The Labute approximate surface area is 116 Å². The fourth-order valence-corrected chi connectivity index (χ4v) is 3.70. The molecule has 0 bridgehead atoms. The van der Waals surface area contributed by atoms with Crippen molar-refractivity contribution >= 4 is 23.3 Å². The van der Waals surface area contributed by atoms with Crippen LogP contribution in [0.2, 0.25) is 0 Å². The number of hydrogen-bond acceptors (Lipinski definition) is 4. The fourth-order valence-electron chi connectivity index (χ4n) is 2.71. The Morgan fingerprint density at radius 1 is 1.37 bits per heavy atom. The molecule has 104 valence electrons. The van der Waals surface area contributed by atoms with E-state index in [1.807, 2.05) is 13.0 Å². The number of rotatable bonds is 5. The smallest absolute Gasteiger partial charge is 0.345 e. The van der Waals surface area contributed by atoms with Gasteiger partial charge in [0.05, 0.1) is 12.0 Å². The van der Waals surface area contributed by atoms with Crippen LogP contribution in [-0.4, -0.2) is 23.7 Å². The van der Waals surface area contributed by atoms with Crippen molar-refractivity contribution in [2.75, 3.05) is 6.61 Å². The summed E-state index contributed by atoms with van der Waals surface area (Å²) in [7, 11) is 0. The number of aromatic carboxylic acids is 1. The van der Waals surface area contributed by atoms with Gasteiger partial charge in [0.25, 0.3) is 0 Å². The zero-order valence-electron chi connectivity index (χ0n) is 11.0. The Morgan fingerprint density at radius 3 is 2.58 bits per heavy atom. The van der Waals surface area contributed by atoms with Crippen LogP contribution in [0, 0.1) is 5.41 Å². The highest BCUT2D eigenvalue weighted by Crippen LogP contribution is 2.43. The van der Waals surface area contributed by atoms with Gasteiger partial charge in [-0.1, -0.05) is 12.8 Å². The van der Waals surface area contributed by atoms with Crippen molar-refractivity contribution in [1.29, 1.82) is 0 Å². The molecule has 19 heavy (non-hydrogen) atoms. The van der Waals surface area contributed by atoms with Gasteiger partial charge >= 0.3 is 11.9 Å². The third kappa shape index (κ3) is 2.97. The van der Waals surface area contributed by atoms with E-state index >= 15 is 0 Å². The lowest BCUT2D eigenvalue weighted by Gasteiger charge is -2.25. The average Bonchev–Trinajstić information content (AvgIpc) is 3.00. The molecule has 4 nitrogen and oxygen atoms in total. The number of carboxylic acids is 1. The number of thiophene rings is 1. The van der Waals surface area contributed by atoms with Crippen molar-refractivity contribution in [3.63, 3.8) is 0 Å². The molecule has 0 aliphatic heterocycles. The van der Waals surface area contributed by atoms with Crippen LogP contribution in [0.1, 0.15) is 47.2 Å². The summed E-state index contributed by atoms with van der Waals surface area (Å²) >= 11 is 1.25. The summed E-state index contributed by atoms with van der Waals surface area (Å²) in [6, 6.07) is 3.42. The molecule has 0 atom stereocenters. The second kappa shape index (κ2) is 5.74. The van der Waals surface area contributed by atoms with Gasteiger partial charge in [0.15, 0.2) is 0 Å². The monoisotopic (exact) mass is 282 g/mol. The van der Waals surface area contributed by atoms with Crippen LogP contribution >= 0.6 is 11.3 Å². The minimum absolute atomic E-state index is 0.127. The first-order valence-corrected chi connectivity index (χ1v) is 7.38. The van der Waals surface area contributed by atoms with Crippen molar-refractivity contribution in [1.82, 2.24) is 0 Å². The molecular weight excluding hydrogens is 264 g/mol. The molecular formula is C14H18O4S. The Morgan fingerprint density at radius 2 is 2.05 bits per heavy atom. The third-order valence-electron chi connectivity index (χ3n) is 3.65. The molecule has 1 aliphatic rings. The highest BCUT2D eigenvalue weighted by molar-refractivity contribution is 7.13. The van der Waals surface area contributed by atoms with Crippen LogP contribution in [0.5, 0.6) is 0 Å². The minimum atomic E-state index is -0.909. The van der Waals surface area contributed by atoms with E-state index in [1.165, 1.54) is 11.3 Å². The molecule has 2 rings (SSSR count). The molecule has 1 heterocycles. The third-order valence-corrected chi connectivity index (χ3v) is 4.73. The zero-order chi connectivity index (χ0) is 13.9. The van der Waals surface area contributed by atoms with Gasteiger partial charge in [0.2, 0.25) is 0 Å². The SMILES string of the molecule is CCOC(=O)C1(Cc2ccc(C(=O)O)s2)CCCC1. The molecule has 1 N–H and O–H groups in total. The molecule has 0 amide bonds. The maximum atomic E-state index is 12.2. The van der Waals surface area contributed by atoms with E-state index in [0.717, 1.165) is 30.6 Å². The average molecular weight is 282 g/mol. The first kappa shape index (κ1) is 14.1. The fraction of sp³-hybridized carbons (Fsp3) is 0.571. The molecule has 0 aromatic carbocycles. The van der Waals surface area contributed by atoms with E-state index < -0.39 is 11.4 Å². The van der Waals surface area contributed by atoms with Crippen molar-refractivity contribution in [3.05, 3.63) is 21.9 Å². The molecule has 5 heteroatoms. The molecule has 0 saturated heterocycles. The van der Waals surface area contributed by atoms with Crippen molar-refractivity contribution in [2.24, 2.45) is 5.41 Å². The molecule has 0 spiro atoms. The van der Waals surface area contributed by atoms with Crippen molar-refractivity contribution in [2.45, 2.75) is 39.0 Å². The summed E-state index contributed by atoms with van der Waals surface area (Å²) in [6.45, 7) is 2.21. The lowest BCUT2D eigenvalue weighted by molar-refractivity contribution is -0.155. The second-order valence-electron chi connectivity index (χ2n) is 4.96. The number of ether oxygens (including phenoxy) is 1. The molecule has 0 radical (unpaired) electrons. The van der Waals surface area contributed by atoms with E-state index in [0.29, 0.717) is 17.9 Å². The van der Waals surface area contributed by atoms with E-state index in [2.05, 4.69) is 0 Å². The van der Waals surface area contributed by atoms with Gasteiger partial charge in [-0.05, 0) is 38.3 Å². The summed E-state index contributed by atoms with van der Waals surface area (Å²) in [6.07, 6.45) is 4.36. The lowest BCUT2D eigenvalue weighted by Crippen LogP contribution is -2.32. The van der Waals surface area contributed by atoms with Crippen molar-refractivity contribution in [3.8, 4) is 0 Å². The number of carboxylic acid groups (broad SMARTS) is 1. The number of esters is 1. The summed E-state index contributed by atoms with van der Waals surface area (Å²) in [5.74, 6) is -1.04. The minimum Gasteiger partial charge on any atom is -0.477 e. The quantitative estimate of drug-likeness (QED) is 0.843. The van der Waals surface area contributed by atoms with Gasteiger partial charge in [-0.2, -0.15) is 0 Å². The van der Waals surface area contributed by atoms with Crippen LogP contribution in [0.25, 0.3) is 0 Å². The predicted octanol–water partition coefficient (Wildman–Crippen LogP) is 3.11. The van der Waals surface area contributed by atoms with E-state index in [-0.39, 0.29) is 5.97 Å². The van der Waals surface area contributed by atoms with Crippen LogP contribution in [0.3, 0.4) is 0 Å². The van der Waals surface area contributed by atoms with Crippen LogP contribution in [0.4, 0.5) is 0 Å². The molecule has 1 saturated carbocycles. The van der Waals surface area contributed by atoms with E-state index in [4.69, 9.17) is 9.84 Å².